The number of rotatable bonds is 8. The molecule has 1 aromatic rings. The minimum atomic E-state index is -0.503. The first-order valence-corrected chi connectivity index (χ1v) is 7.07. The van der Waals surface area contributed by atoms with Crippen LogP contribution < -0.4 is 5.32 Å². The Labute approximate surface area is 120 Å². The second-order valence-electron chi connectivity index (χ2n) is 5.04. The van der Waals surface area contributed by atoms with E-state index in [1.165, 1.54) is 0 Å². The van der Waals surface area contributed by atoms with E-state index in [1.807, 2.05) is 26.0 Å². The summed E-state index contributed by atoms with van der Waals surface area (Å²) >= 11 is 0. The zero-order chi connectivity index (χ0) is 15.0. The van der Waals surface area contributed by atoms with E-state index in [9.17, 15) is 14.7 Å². The van der Waals surface area contributed by atoms with E-state index >= 15 is 0 Å². The average Bonchev–Trinajstić information content (AvgIpc) is 2.43. The van der Waals surface area contributed by atoms with E-state index in [4.69, 9.17) is 0 Å². The second-order valence-corrected chi connectivity index (χ2v) is 5.04. The number of nitrogens with one attached hydrogen (secondary N) is 1. The molecule has 20 heavy (non-hydrogen) atoms. The molecule has 0 fully saturated rings. The Morgan fingerprint density at radius 1 is 1.20 bits per heavy atom. The van der Waals surface area contributed by atoms with Crippen molar-refractivity contribution in [2.24, 2.45) is 0 Å². The van der Waals surface area contributed by atoms with Crippen LogP contribution in [-0.2, 0) is 4.79 Å². The van der Waals surface area contributed by atoms with Gasteiger partial charge in [0.2, 0.25) is 5.91 Å². The van der Waals surface area contributed by atoms with Gasteiger partial charge in [-0.05, 0) is 13.3 Å². The molecule has 4 nitrogen and oxygen atoms in total. The van der Waals surface area contributed by atoms with Crippen LogP contribution in [0.2, 0.25) is 0 Å². The molecule has 1 atom stereocenters. The molecular weight excluding hydrogens is 254 g/mol. The minimum absolute atomic E-state index is 0.0331. The van der Waals surface area contributed by atoms with Crippen molar-refractivity contribution in [2.75, 3.05) is 6.54 Å². The molecule has 0 bridgehead atoms. The molecule has 0 aliphatic rings. The highest BCUT2D eigenvalue weighted by Gasteiger charge is 2.10. The van der Waals surface area contributed by atoms with Gasteiger partial charge in [0.25, 0.3) is 0 Å². The maximum Gasteiger partial charge on any atom is 0.220 e. The number of ketones is 1. The largest absolute Gasteiger partial charge is 0.391 e. The van der Waals surface area contributed by atoms with Crippen LogP contribution in [0.15, 0.2) is 24.3 Å². The molecule has 0 saturated heterocycles. The van der Waals surface area contributed by atoms with Gasteiger partial charge in [0.1, 0.15) is 0 Å². The van der Waals surface area contributed by atoms with Crippen molar-refractivity contribution in [1.29, 1.82) is 0 Å². The summed E-state index contributed by atoms with van der Waals surface area (Å²) < 4.78 is 0. The van der Waals surface area contributed by atoms with Crippen LogP contribution in [-0.4, -0.2) is 29.4 Å². The first-order chi connectivity index (χ1) is 9.52. The van der Waals surface area contributed by atoms with Gasteiger partial charge in [0, 0.05) is 24.9 Å². The molecule has 0 aromatic heterocycles. The molecular formula is C16H23NO3. The van der Waals surface area contributed by atoms with Gasteiger partial charge in [-0.3, -0.25) is 9.59 Å². The number of aliphatic hydroxyl groups excluding tert-OH is 1. The maximum atomic E-state index is 11.9. The van der Waals surface area contributed by atoms with Crippen LogP contribution in [0.3, 0.4) is 0 Å². The molecule has 0 saturated carbocycles. The van der Waals surface area contributed by atoms with E-state index in [-0.39, 0.29) is 31.1 Å². The molecule has 4 heteroatoms. The standard InChI is InChI=1S/C16H23NO3/c1-3-4-14(18)11-17-16(20)10-9-15(19)13-7-5-12(2)6-8-13/h5-8,14,18H,3-4,9-11H2,1-2H3,(H,17,20). The van der Waals surface area contributed by atoms with Crippen LogP contribution in [0.5, 0.6) is 0 Å². The Balaban J connectivity index is 2.30. The number of carbonyl (C=O) groups excluding carboxylic acids is 2. The number of aryl methyl sites for hydroxylation is 1. The lowest BCUT2D eigenvalue weighted by atomic mass is 10.0. The topological polar surface area (TPSA) is 66.4 Å². The van der Waals surface area contributed by atoms with Gasteiger partial charge in [0.15, 0.2) is 5.78 Å². The summed E-state index contributed by atoms with van der Waals surface area (Å²) in [6.07, 6.45) is 1.40. The van der Waals surface area contributed by atoms with Gasteiger partial charge in [-0.15, -0.1) is 0 Å². The monoisotopic (exact) mass is 277 g/mol. The lowest BCUT2D eigenvalue weighted by molar-refractivity contribution is -0.121. The van der Waals surface area contributed by atoms with E-state index in [0.29, 0.717) is 12.0 Å². The molecule has 0 aliphatic heterocycles. The number of carbonyl (C=O) groups is 2. The van der Waals surface area contributed by atoms with Gasteiger partial charge < -0.3 is 10.4 Å². The van der Waals surface area contributed by atoms with Gasteiger partial charge in [-0.25, -0.2) is 0 Å². The van der Waals surface area contributed by atoms with Crippen molar-refractivity contribution in [3.8, 4) is 0 Å². The normalized spacial score (nSPS) is 11.9. The third-order valence-corrected chi connectivity index (χ3v) is 3.11. The summed E-state index contributed by atoms with van der Waals surface area (Å²) in [5.41, 5.74) is 1.73. The van der Waals surface area contributed by atoms with Crippen molar-refractivity contribution in [3.63, 3.8) is 0 Å². The van der Waals surface area contributed by atoms with E-state index < -0.39 is 6.10 Å². The molecule has 2 N–H and O–H groups in total. The summed E-state index contributed by atoms with van der Waals surface area (Å²) in [5, 5.41) is 12.1. The summed E-state index contributed by atoms with van der Waals surface area (Å²) in [4.78, 5) is 23.4. The predicted octanol–water partition coefficient (Wildman–Crippen LogP) is 2.24. The van der Waals surface area contributed by atoms with Gasteiger partial charge >= 0.3 is 0 Å². The van der Waals surface area contributed by atoms with Crippen molar-refractivity contribution >= 4 is 11.7 Å². The summed E-state index contributed by atoms with van der Waals surface area (Å²) in [6.45, 7) is 4.19. The molecule has 1 unspecified atom stereocenters. The quantitative estimate of drug-likeness (QED) is 0.716. The summed E-state index contributed by atoms with van der Waals surface area (Å²) in [6, 6.07) is 7.32. The zero-order valence-electron chi connectivity index (χ0n) is 12.2. The molecule has 0 heterocycles. The van der Waals surface area contributed by atoms with Gasteiger partial charge in [-0.1, -0.05) is 43.2 Å². The number of hydrogen-bond donors (Lipinski definition) is 2. The molecule has 0 aliphatic carbocycles. The Bertz CT molecular complexity index is 440. The smallest absolute Gasteiger partial charge is 0.220 e. The predicted molar refractivity (Wildman–Crippen MR) is 78.7 cm³/mol. The van der Waals surface area contributed by atoms with Gasteiger partial charge in [-0.2, -0.15) is 0 Å². The number of amides is 1. The molecule has 1 amide bonds. The Morgan fingerprint density at radius 3 is 2.45 bits per heavy atom. The molecule has 0 spiro atoms. The fourth-order valence-electron chi connectivity index (χ4n) is 1.87. The molecule has 1 aromatic carbocycles. The highest BCUT2D eigenvalue weighted by Crippen LogP contribution is 2.07. The molecule has 110 valence electrons. The Morgan fingerprint density at radius 2 is 1.85 bits per heavy atom. The first kappa shape index (κ1) is 16.4. The van der Waals surface area contributed by atoms with Crippen molar-refractivity contribution in [1.82, 2.24) is 5.32 Å². The van der Waals surface area contributed by atoms with Crippen molar-refractivity contribution in [3.05, 3.63) is 35.4 Å². The van der Waals surface area contributed by atoms with Crippen LogP contribution >= 0.6 is 0 Å². The number of hydrogen-bond acceptors (Lipinski definition) is 3. The van der Waals surface area contributed by atoms with Crippen LogP contribution in [0, 0.1) is 6.92 Å². The molecule has 1 rings (SSSR count). The SMILES string of the molecule is CCCC(O)CNC(=O)CCC(=O)c1ccc(C)cc1. The van der Waals surface area contributed by atoms with Crippen LogP contribution in [0.4, 0.5) is 0 Å². The van der Waals surface area contributed by atoms with Crippen LogP contribution in [0.1, 0.15) is 48.5 Å². The highest BCUT2D eigenvalue weighted by atomic mass is 16.3. The summed E-state index contributed by atoms with van der Waals surface area (Å²) in [7, 11) is 0. The average molecular weight is 277 g/mol. The highest BCUT2D eigenvalue weighted by molar-refractivity contribution is 5.97. The number of Topliss-reactive ketones (excluding diaryl/α,β-unsaturated/α-hetero) is 1. The second kappa shape index (κ2) is 8.48. The Kier molecular flexibility index (Phi) is 6.94. The van der Waals surface area contributed by atoms with Crippen molar-refractivity contribution in [2.45, 2.75) is 45.6 Å². The lowest BCUT2D eigenvalue weighted by Crippen LogP contribution is -2.32. The van der Waals surface area contributed by atoms with Crippen LogP contribution in [0.25, 0.3) is 0 Å². The summed E-state index contributed by atoms with van der Waals surface area (Å²) in [5.74, 6) is -0.227. The maximum absolute atomic E-state index is 11.9. The number of benzene rings is 1. The Hall–Kier alpha value is -1.68. The van der Waals surface area contributed by atoms with Gasteiger partial charge in [0.05, 0.1) is 6.10 Å². The third kappa shape index (κ3) is 5.97. The zero-order valence-corrected chi connectivity index (χ0v) is 12.2. The van der Waals surface area contributed by atoms with Crippen molar-refractivity contribution < 1.29 is 14.7 Å². The minimum Gasteiger partial charge on any atom is -0.391 e. The lowest BCUT2D eigenvalue weighted by Gasteiger charge is -2.10. The van der Waals surface area contributed by atoms with E-state index in [2.05, 4.69) is 5.32 Å². The van der Waals surface area contributed by atoms with E-state index in [0.717, 1.165) is 12.0 Å². The molecule has 0 radical (unpaired) electrons. The fraction of sp³-hybridized carbons (Fsp3) is 0.500. The first-order valence-electron chi connectivity index (χ1n) is 7.07. The fourth-order valence-corrected chi connectivity index (χ4v) is 1.87. The van der Waals surface area contributed by atoms with E-state index in [1.54, 1.807) is 12.1 Å². The number of aliphatic hydroxyl groups is 1. The third-order valence-electron chi connectivity index (χ3n) is 3.11.